The third-order valence-electron chi connectivity index (χ3n) is 3.97. The molecule has 1 aliphatic carbocycles. The van der Waals surface area contributed by atoms with Crippen LogP contribution < -0.4 is 5.32 Å². The molecular formula is C14H25NO2. The van der Waals surface area contributed by atoms with Gasteiger partial charge in [-0.05, 0) is 71.4 Å². The van der Waals surface area contributed by atoms with Gasteiger partial charge in [-0.2, -0.15) is 0 Å². The van der Waals surface area contributed by atoms with Crippen molar-refractivity contribution in [2.45, 2.75) is 52.1 Å². The summed E-state index contributed by atoms with van der Waals surface area (Å²) in [4.78, 5) is 11.8. The number of carbonyl (C=O) groups excluding carboxylic acids is 1. The van der Waals surface area contributed by atoms with E-state index in [4.69, 9.17) is 4.74 Å². The van der Waals surface area contributed by atoms with Gasteiger partial charge in [-0.3, -0.25) is 4.79 Å². The Hall–Kier alpha value is -0.570. The van der Waals surface area contributed by atoms with E-state index in [-0.39, 0.29) is 17.5 Å². The van der Waals surface area contributed by atoms with Crippen molar-refractivity contribution in [3.05, 3.63) is 0 Å². The van der Waals surface area contributed by atoms with Gasteiger partial charge in [0, 0.05) is 0 Å². The lowest BCUT2D eigenvalue weighted by Crippen LogP contribution is -2.41. The van der Waals surface area contributed by atoms with Gasteiger partial charge in [0.15, 0.2) is 0 Å². The summed E-state index contributed by atoms with van der Waals surface area (Å²) in [6.45, 7) is 8.12. The van der Waals surface area contributed by atoms with Gasteiger partial charge in [0.05, 0.1) is 5.92 Å². The molecule has 3 nitrogen and oxygen atoms in total. The molecule has 98 valence electrons. The zero-order valence-electron chi connectivity index (χ0n) is 11.3. The smallest absolute Gasteiger partial charge is 0.309 e. The minimum absolute atomic E-state index is 0.0164. The number of hydrogen-bond acceptors (Lipinski definition) is 3. The maximum atomic E-state index is 11.8. The Morgan fingerprint density at radius 2 is 1.71 bits per heavy atom. The van der Waals surface area contributed by atoms with E-state index in [2.05, 4.69) is 5.32 Å². The van der Waals surface area contributed by atoms with Crippen molar-refractivity contribution < 1.29 is 9.53 Å². The van der Waals surface area contributed by atoms with Crippen LogP contribution in [0.5, 0.6) is 0 Å². The zero-order chi connectivity index (χ0) is 12.5. The van der Waals surface area contributed by atoms with E-state index in [1.165, 1.54) is 12.8 Å². The van der Waals surface area contributed by atoms with E-state index in [1.54, 1.807) is 0 Å². The topological polar surface area (TPSA) is 38.3 Å². The van der Waals surface area contributed by atoms with Crippen LogP contribution in [-0.4, -0.2) is 24.7 Å². The molecule has 2 aliphatic rings. The number of piperidine rings is 1. The Bertz CT molecular complexity index is 270. The van der Waals surface area contributed by atoms with Crippen LogP contribution in [0.4, 0.5) is 0 Å². The van der Waals surface area contributed by atoms with Gasteiger partial charge in [-0.15, -0.1) is 0 Å². The Labute approximate surface area is 104 Å². The second-order valence-electron chi connectivity index (χ2n) is 6.55. The molecule has 17 heavy (non-hydrogen) atoms. The van der Waals surface area contributed by atoms with Crippen LogP contribution in [-0.2, 0) is 9.53 Å². The molecule has 0 spiro atoms. The largest absolute Gasteiger partial charge is 0.460 e. The first-order valence-electron chi connectivity index (χ1n) is 6.89. The normalized spacial score (nSPS) is 30.8. The van der Waals surface area contributed by atoms with Gasteiger partial charge in [0.25, 0.3) is 0 Å². The molecule has 0 atom stereocenters. The van der Waals surface area contributed by atoms with Crippen LogP contribution in [0.1, 0.15) is 46.5 Å². The Morgan fingerprint density at radius 3 is 2.24 bits per heavy atom. The van der Waals surface area contributed by atoms with Crippen LogP contribution in [0.3, 0.4) is 0 Å². The monoisotopic (exact) mass is 239 g/mol. The highest BCUT2D eigenvalue weighted by Gasteiger charge is 2.40. The van der Waals surface area contributed by atoms with Crippen LogP contribution in [0, 0.1) is 17.8 Å². The molecule has 0 aromatic carbocycles. The van der Waals surface area contributed by atoms with Crippen molar-refractivity contribution in [2.75, 3.05) is 13.1 Å². The summed E-state index contributed by atoms with van der Waals surface area (Å²) in [5.74, 6) is 1.81. The number of ether oxygens (including phenoxy) is 1. The Balaban J connectivity index is 1.72. The fraction of sp³-hybridized carbons (Fsp3) is 0.929. The molecule has 0 unspecified atom stereocenters. The molecule has 0 radical (unpaired) electrons. The van der Waals surface area contributed by atoms with E-state index in [1.807, 2.05) is 20.8 Å². The fourth-order valence-corrected chi connectivity index (χ4v) is 2.94. The zero-order valence-corrected chi connectivity index (χ0v) is 11.3. The number of nitrogens with one attached hydrogen (secondary N) is 1. The summed E-state index contributed by atoms with van der Waals surface area (Å²) in [7, 11) is 0. The molecule has 0 bridgehead atoms. The standard InChI is InChI=1S/C14H25NO2/c1-14(2,3)17-13(16)12-8-11(9-12)10-4-6-15-7-5-10/h10-12,15H,4-9H2,1-3H3. The lowest BCUT2D eigenvalue weighted by molar-refractivity contribution is -0.165. The average Bonchev–Trinajstić information content (AvgIpc) is 2.14. The van der Waals surface area contributed by atoms with Crippen molar-refractivity contribution in [2.24, 2.45) is 17.8 Å². The van der Waals surface area contributed by atoms with Crippen LogP contribution in [0.25, 0.3) is 0 Å². The van der Waals surface area contributed by atoms with Gasteiger partial charge in [0.1, 0.15) is 5.60 Å². The van der Waals surface area contributed by atoms with Crippen molar-refractivity contribution >= 4 is 5.97 Å². The Kier molecular flexibility index (Phi) is 3.76. The van der Waals surface area contributed by atoms with E-state index in [9.17, 15) is 4.79 Å². The second-order valence-corrected chi connectivity index (χ2v) is 6.55. The molecule has 2 rings (SSSR count). The summed E-state index contributed by atoms with van der Waals surface area (Å²) in [5, 5.41) is 3.39. The number of hydrogen-bond donors (Lipinski definition) is 1. The first-order chi connectivity index (χ1) is 7.96. The van der Waals surface area contributed by atoms with Crippen LogP contribution >= 0.6 is 0 Å². The lowest BCUT2D eigenvalue weighted by atomic mass is 9.66. The second kappa shape index (κ2) is 4.97. The van der Waals surface area contributed by atoms with Crippen molar-refractivity contribution in [1.29, 1.82) is 0 Å². The highest BCUT2D eigenvalue weighted by atomic mass is 16.6. The third-order valence-corrected chi connectivity index (χ3v) is 3.97. The average molecular weight is 239 g/mol. The van der Waals surface area contributed by atoms with Crippen molar-refractivity contribution in [3.8, 4) is 0 Å². The van der Waals surface area contributed by atoms with Gasteiger partial charge in [0.2, 0.25) is 0 Å². The molecule has 0 amide bonds. The maximum Gasteiger partial charge on any atom is 0.309 e. The van der Waals surface area contributed by atoms with Gasteiger partial charge < -0.3 is 10.1 Å². The number of rotatable bonds is 2. The summed E-state index contributed by atoms with van der Waals surface area (Å²) < 4.78 is 5.43. The summed E-state index contributed by atoms with van der Waals surface area (Å²) in [6, 6.07) is 0. The Morgan fingerprint density at radius 1 is 1.12 bits per heavy atom. The molecule has 3 heteroatoms. The summed E-state index contributed by atoms with van der Waals surface area (Å²) in [5.41, 5.74) is -0.336. The summed E-state index contributed by atoms with van der Waals surface area (Å²) >= 11 is 0. The molecule has 0 aromatic heterocycles. The molecule has 2 fully saturated rings. The molecule has 1 saturated heterocycles. The predicted octanol–water partition coefficient (Wildman–Crippen LogP) is 2.35. The first-order valence-corrected chi connectivity index (χ1v) is 6.89. The van der Waals surface area contributed by atoms with Crippen LogP contribution in [0.2, 0.25) is 0 Å². The third kappa shape index (κ3) is 3.44. The minimum Gasteiger partial charge on any atom is -0.460 e. The molecule has 0 aromatic rings. The van der Waals surface area contributed by atoms with Gasteiger partial charge in [-0.1, -0.05) is 0 Å². The van der Waals surface area contributed by atoms with E-state index in [0.29, 0.717) is 0 Å². The van der Waals surface area contributed by atoms with E-state index in [0.717, 1.165) is 37.8 Å². The van der Waals surface area contributed by atoms with Gasteiger partial charge >= 0.3 is 5.97 Å². The van der Waals surface area contributed by atoms with Crippen LogP contribution in [0.15, 0.2) is 0 Å². The highest BCUT2D eigenvalue weighted by molar-refractivity contribution is 5.73. The van der Waals surface area contributed by atoms with Gasteiger partial charge in [-0.25, -0.2) is 0 Å². The van der Waals surface area contributed by atoms with Crippen molar-refractivity contribution in [1.82, 2.24) is 5.32 Å². The fourth-order valence-electron chi connectivity index (χ4n) is 2.94. The number of carbonyl (C=O) groups is 1. The molecule has 1 aliphatic heterocycles. The number of esters is 1. The molecule has 1 saturated carbocycles. The predicted molar refractivity (Wildman–Crippen MR) is 67.7 cm³/mol. The van der Waals surface area contributed by atoms with Crippen molar-refractivity contribution in [3.63, 3.8) is 0 Å². The summed E-state index contributed by atoms with van der Waals surface area (Å²) in [6.07, 6.45) is 4.68. The minimum atomic E-state index is -0.336. The molecular weight excluding hydrogens is 214 g/mol. The lowest BCUT2D eigenvalue weighted by Gasteiger charge is -2.41. The molecule has 1 heterocycles. The molecule has 1 N–H and O–H groups in total. The SMILES string of the molecule is CC(C)(C)OC(=O)C1CC(C2CCNCC2)C1. The maximum absolute atomic E-state index is 11.8. The van der Waals surface area contributed by atoms with E-state index < -0.39 is 0 Å². The first kappa shape index (κ1) is 12.9. The quantitative estimate of drug-likeness (QED) is 0.752. The highest BCUT2D eigenvalue weighted by Crippen LogP contribution is 2.43. The van der Waals surface area contributed by atoms with E-state index >= 15 is 0 Å².